The van der Waals surface area contributed by atoms with E-state index in [4.69, 9.17) is 9.47 Å². The minimum absolute atomic E-state index is 0.611. The van der Waals surface area contributed by atoms with E-state index < -0.39 is 0 Å². The lowest BCUT2D eigenvalue weighted by atomic mass is 10.2. The second-order valence-electron chi connectivity index (χ2n) is 5.47. The Morgan fingerprint density at radius 3 is 2.65 bits per heavy atom. The first-order valence-corrected chi connectivity index (χ1v) is 9.30. The highest BCUT2D eigenvalue weighted by atomic mass is 32.2. The highest BCUT2D eigenvalue weighted by Gasteiger charge is 2.17. The lowest BCUT2D eigenvalue weighted by Crippen LogP contribution is -2.01. The van der Waals surface area contributed by atoms with Crippen LogP contribution in [0, 0.1) is 0 Å². The second-order valence-corrected chi connectivity index (χ2v) is 6.41. The zero-order valence-electron chi connectivity index (χ0n) is 14.9. The summed E-state index contributed by atoms with van der Waals surface area (Å²) in [6.07, 6.45) is 0. The van der Waals surface area contributed by atoms with E-state index in [0.717, 1.165) is 33.7 Å². The van der Waals surface area contributed by atoms with Crippen molar-refractivity contribution in [3.63, 3.8) is 0 Å². The number of hydrogen-bond acceptors (Lipinski definition) is 5. The van der Waals surface area contributed by atoms with Crippen molar-refractivity contribution in [2.75, 3.05) is 19.5 Å². The van der Waals surface area contributed by atoms with Gasteiger partial charge in [-0.05, 0) is 31.2 Å². The number of benzene rings is 2. The molecule has 0 aliphatic carbocycles. The molecule has 0 spiro atoms. The minimum atomic E-state index is 0.611. The molecular weight excluding hydrogens is 346 g/mol. The van der Waals surface area contributed by atoms with Gasteiger partial charge in [0.15, 0.2) is 11.0 Å². The van der Waals surface area contributed by atoms with Gasteiger partial charge in [-0.3, -0.25) is 4.57 Å². The first-order valence-electron chi connectivity index (χ1n) is 8.31. The molecule has 5 nitrogen and oxygen atoms in total. The number of hydrogen-bond donors (Lipinski definition) is 0. The van der Waals surface area contributed by atoms with Gasteiger partial charge in [0, 0.05) is 11.3 Å². The molecule has 1 heterocycles. The molecule has 0 unspecified atom stereocenters. The number of aromatic nitrogens is 3. The Balaban J connectivity index is 2.00. The van der Waals surface area contributed by atoms with E-state index in [1.165, 1.54) is 0 Å². The molecule has 0 aliphatic rings. The van der Waals surface area contributed by atoms with Crippen LogP contribution in [0.5, 0.6) is 5.75 Å². The molecule has 3 aromatic rings. The second kappa shape index (κ2) is 8.58. The van der Waals surface area contributed by atoms with E-state index in [2.05, 4.69) is 16.8 Å². The van der Waals surface area contributed by atoms with Gasteiger partial charge in [0.25, 0.3) is 0 Å². The van der Waals surface area contributed by atoms with Gasteiger partial charge < -0.3 is 9.47 Å². The largest absolute Gasteiger partial charge is 0.498 e. The molecule has 3 rings (SSSR count). The summed E-state index contributed by atoms with van der Waals surface area (Å²) in [7, 11) is 1.65. The molecule has 2 aromatic carbocycles. The summed E-state index contributed by atoms with van der Waals surface area (Å²) in [4.78, 5) is 0. The van der Waals surface area contributed by atoms with E-state index in [0.29, 0.717) is 12.4 Å². The number of thioether (sulfide) groups is 1. The van der Waals surface area contributed by atoms with Crippen molar-refractivity contribution >= 4 is 11.8 Å². The van der Waals surface area contributed by atoms with Gasteiger partial charge >= 0.3 is 0 Å². The number of nitrogens with zero attached hydrogens (tertiary/aromatic N) is 3. The number of rotatable bonds is 8. The molecule has 0 radical (unpaired) electrons. The van der Waals surface area contributed by atoms with Gasteiger partial charge in [0.2, 0.25) is 0 Å². The molecule has 0 bridgehead atoms. The van der Waals surface area contributed by atoms with Crippen molar-refractivity contribution in [1.82, 2.24) is 14.8 Å². The zero-order valence-corrected chi connectivity index (χ0v) is 15.7. The minimum Gasteiger partial charge on any atom is -0.498 e. The molecule has 0 saturated heterocycles. The summed E-state index contributed by atoms with van der Waals surface area (Å²) in [5, 5.41) is 9.61. The molecule has 6 heteroatoms. The van der Waals surface area contributed by atoms with E-state index >= 15 is 0 Å². The quantitative estimate of drug-likeness (QED) is 0.431. The lowest BCUT2D eigenvalue weighted by molar-refractivity contribution is 0.235. The number of para-hydroxylation sites is 1. The van der Waals surface area contributed by atoms with Crippen LogP contribution in [0.1, 0.15) is 6.92 Å². The third kappa shape index (κ3) is 4.08. The summed E-state index contributed by atoms with van der Waals surface area (Å²) in [6.45, 7) is 6.49. The lowest BCUT2D eigenvalue weighted by Gasteiger charge is -2.11. The molecule has 0 N–H and O–H groups in total. The molecule has 0 fully saturated rings. The standard InChI is InChI=1S/C20H21N3O2S/c1-4-25-15(2)14-26-20-22-21-19(16-9-8-12-18(13-16)24-3)23(20)17-10-6-5-7-11-17/h5-13H,2,4,14H2,1,3H3. The summed E-state index contributed by atoms with van der Waals surface area (Å²) in [5.41, 5.74) is 1.94. The Hall–Kier alpha value is -2.73. The summed E-state index contributed by atoms with van der Waals surface area (Å²) >= 11 is 1.55. The molecule has 0 amide bonds. The van der Waals surface area contributed by atoms with Crippen molar-refractivity contribution in [2.45, 2.75) is 12.1 Å². The Labute approximate surface area is 157 Å². The normalized spacial score (nSPS) is 10.5. The van der Waals surface area contributed by atoms with Crippen LogP contribution in [0.3, 0.4) is 0 Å². The Kier molecular flexibility index (Phi) is 5.96. The third-order valence-electron chi connectivity index (χ3n) is 3.69. The maximum atomic E-state index is 5.44. The Morgan fingerprint density at radius 1 is 1.12 bits per heavy atom. The van der Waals surface area contributed by atoms with E-state index in [1.54, 1.807) is 18.9 Å². The van der Waals surface area contributed by atoms with Crippen molar-refractivity contribution in [3.8, 4) is 22.8 Å². The number of methoxy groups -OCH3 is 1. The molecule has 1 aromatic heterocycles. The van der Waals surface area contributed by atoms with Gasteiger partial charge in [0.1, 0.15) is 5.75 Å². The van der Waals surface area contributed by atoms with Crippen LogP contribution < -0.4 is 4.74 Å². The summed E-state index contributed by atoms with van der Waals surface area (Å²) < 4.78 is 12.8. The van der Waals surface area contributed by atoms with Crippen LogP contribution in [-0.2, 0) is 4.74 Å². The topological polar surface area (TPSA) is 49.2 Å². The van der Waals surface area contributed by atoms with E-state index in [1.807, 2.05) is 66.1 Å². The van der Waals surface area contributed by atoms with Crippen molar-refractivity contribution in [1.29, 1.82) is 0 Å². The monoisotopic (exact) mass is 367 g/mol. The first-order chi connectivity index (χ1) is 12.7. The summed E-state index contributed by atoms with van der Waals surface area (Å²) in [5.74, 6) is 2.89. The predicted molar refractivity (Wildman–Crippen MR) is 105 cm³/mol. The fourth-order valence-electron chi connectivity index (χ4n) is 2.51. The fourth-order valence-corrected chi connectivity index (χ4v) is 3.31. The van der Waals surface area contributed by atoms with Crippen LogP contribution >= 0.6 is 11.8 Å². The first kappa shape index (κ1) is 18.1. The van der Waals surface area contributed by atoms with Gasteiger partial charge in [0.05, 0.1) is 25.2 Å². The van der Waals surface area contributed by atoms with E-state index in [9.17, 15) is 0 Å². The van der Waals surface area contributed by atoms with Gasteiger partial charge in [-0.15, -0.1) is 10.2 Å². The van der Waals surface area contributed by atoms with Crippen LogP contribution in [0.25, 0.3) is 17.1 Å². The van der Waals surface area contributed by atoms with Gasteiger partial charge in [-0.25, -0.2) is 0 Å². The Morgan fingerprint density at radius 2 is 1.92 bits per heavy atom. The van der Waals surface area contributed by atoms with Crippen molar-refractivity contribution < 1.29 is 9.47 Å². The fraction of sp³-hybridized carbons (Fsp3) is 0.200. The predicted octanol–water partition coefficient (Wildman–Crippen LogP) is 4.59. The maximum absolute atomic E-state index is 5.44. The van der Waals surface area contributed by atoms with Crippen LogP contribution in [0.15, 0.2) is 72.1 Å². The van der Waals surface area contributed by atoms with Crippen molar-refractivity contribution in [2.24, 2.45) is 0 Å². The van der Waals surface area contributed by atoms with Gasteiger partial charge in [-0.1, -0.05) is 48.7 Å². The summed E-state index contributed by atoms with van der Waals surface area (Å²) in [6, 6.07) is 17.9. The molecule has 26 heavy (non-hydrogen) atoms. The average Bonchev–Trinajstić information content (AvgIpc) is 3.11. The van der Waals surface area contributed by atoms with Crippen LogP contribution in [0.4, 0.5) is 0 Å². The molecule has 0 saturated carbocycles. The highest BCUT2D eigenvalue weighted by Crippen LogP contribution is 2.30. The third-order valence-corrected chi connectivity index (χ3v) is 4.68. The zero-order chi connectivity index (χ0) is 18.4. The smallest absolute Gasteiger partial charge is 0.196 e. The average molecular weight is 367 g/mol. The van der Waals surface area contributed by atoms with Crippen molar-refractivity contribution in [3.05, 3.63) is 66.9 Å². The van der Waals surface area contributed by atoms with Crippen LogP contribution in [0.2, 0.25) is 0 Å². The number of ether oxygens (including phenoxy) is 2. The molecule has 134 valence electrons. The highest BCUT2D eigenvalue weighted by molar-refractivity contribution is 7.99. The van der Waals surface area contributed by atoms with Gasteiger partial charge in [-0.2, -0.15) is 0 Å². The SMILES string of the molecule is C=C(CSc1nnc(-c2cccc(OC)c2)n1-c1ccccc1)OCC. The Bertz CT molecular complexity index is 878. The van der Waals surface area contributed by atoms with Crippen LogP contribution in [-0.4, -0.2) is 34.2 Å². The molecule has 0 atom stereocenters. The molecular formula is C20H21N3O2S. The maximum Gasteiger partial charge on any atom is 0.196 e. The molecule has 0 aliphatic heterocycles. The van der Waals surface area contributed by atoms with E-state index in [-0.39, 0.29) is 0 Å².